The van der Waals surface area contributed by atoms with Crippen molar-refractivity contribution in [1.29, 1.82) is 0 Å². The molecule has 0 aliphatic heterocycles. The predicted octanol–water partition coefficient (Wildman–Crippen LogP) is 2.61. The monoisotopic (exact) mass is 359 g/mol. The average Bonchev–Trinajstić information content (AvgIpc) is 3.18. The van der Waals surface area contributed by atoms with Crippen LogP contribution in [0.4, 0.5) is 0 Å². The normalized spacial score (nSPS) is 17.5. The van der Waals surface area contributed by atoms with E-state index in [1.807, 2.05) is 11.6 Å². The lowest BCUT2D eigenvalue weighted by Gasteiger charge is -2.31. The third-order valence-electron chi connectivity index (χ3n) is 5.27. The fourth-order valence-electron chi connectivity index (χ4n) is 3.70. The van der Waals surface area contributed by atoms with Crippen molar-refractivity contribution in [2.24, 2.45) is 0 Å². The van der Waals surface area contributed by atoms with Gasteiger partial charge in [0.05, 0.1) is 5.69 Å². The fraction of sp³-hybridized carbons (Fsp3) is 0.632. The number of nitrogens with one attached hydrogen (secondary N) is 1. The number of likely N-dealkylation sites (N-methyl/N-ethyl adjacent to an activating group) is 1. The van der Waals surface area contributed by atoms with Crippen LogP contribution in [0.25, 0.3) is 0 Å². The lowest BCUT2D eigenvalue weighted by atomic mass is 9.90. The molecule has 7 nitrogen and oxygen atoms in total. The summed E-state index contributed by atoms with van der Waals surface area (Å²) < 4.78 is 1.85. The summed E-state index contributed by atoms with van der Waals surface area (Å²) in [6.07, 6.45) is 2.61. The number of nitrogens with zero attached hydrogens (tertiary/aromatic N) is 4. The Balaban J connectivity index is 1.75. The van der Waals surface area contributed by atoms with E-state index in [1.165, 1.54) is 0 Å². The molecule has 0 radical (unpaired) electrons. The Kier molecular flexibility index (Phi) is 4.92. The maximum Gasteiger partial charge on any atom is 0.356 e. The average molecular weight is 359 g/mol. The first kappa shape index (κ1) is 18.6. The molecular weight excluding hydrogens is 330 g/mol. The standard InChI is InChI=1S/C19H29N5O2/c1-6-24-15-8-7-13(10-14(15)17(22-24)18(25)26)23(5)11-12-9-16(21-20-12)19(2,3)4/h9,13H,6-8,10-11H2,1-5H3,(H,20,21)(H,25,26). The Morgan fingerprint density at radius 1 is 1.46 bits per heavy atom. The van der Waals surface area contributed by atoms with Crippen LogP contribution in [0.2, 0.25) is 0 Å². The second-order valence-electron chi connectivity index (χ2n) is 8.23. The largest absolute Gasteiger partial charge is 0.476 e. The molecule has 26 heavy (non-hydrogen) atoms. The van der Waals surface area contributed by atoms with E-state index in [1.54, 1.807) is 0 Å². The molecule has 2 aromatic heterocycles. The SMILES string of the molecule is CCn1nc(C(=O)O)c2c1CCC(N(C)Cc1cc(C(C)(C)C)n[nH]1)C2. The van der Waals surface area contributed by atoms with Crippen molar-refractivity contribution in [2.45, 2.75) is 71.5 Å². The van der Waals surface area contributed by atoms with Crippen LogP contribution < -0.4 is 0 Å². The molecule has 2 N–H and O–H groups in total. The Labute approximate surface area is 154 Å². The van der Waals surface area contributed by atoms with Gasteiger partial charge in [0, 0.05) is 41.5 Å². The lowest BCUT2D eigenvalue weighted by molar-refractivity contribution is 0.0687. The highest BCUT2D eigenvalue weighted by Gasteiger charge is 2.30. The molecule has 0 saturated heterocycles. The number of carboxylic acids is 1. The molecule has 7 heteroatoms. The Bertz CT molecular complexity index is 799. The number of hydrogen-bond donors (Lipinski definition) is 2. The number of carbonyl (C=O) groups is 1. The summed E-state index contributed by atoms with van der Waals surface area (Å²) in [5, 5.41) is 21.4. The summed E-state index contributed by atoms with van der Waals surface area (Å²) in [7, 11) is 2.10. The maximum atomic E-state index is 11.6. The van der Waals surface area contributed by atoms with E-state index in [9.17, 15) is 9.90 Å². The summed E-state index contributed by atoms with van der Waals surface area (Å²) in [6.45, 7) is 9.93. The van der Waals surface area contributed by atoms with Gasteiger partial charge in [-0.3, -0.25) is 14.7 Å². The van der Waals surface area contributed by atoms with Gasteiger partial charge in [-0.2, -0.15) is 10.2 Å². The number of aromatic carboxylic acids is 1. The topological polar surface area (TPSA) is 87.0 Å². The van der Waals surface area contributed by atoms with Gasteiger partial charge in [-0.25, -0.2) is 4.79 Å². The summed E-state index contributed by atoms with van der Waals surface area (Å²) in [6, 6.07) is 2.43. The molecule has 1 atom stereocenters. The number of rotatable bonds is 5. The lowest BCUT2D eigenvalue weighted by Crippen LogP contribution is -2.36. The molecule has 1 unspecified atom stereocenters. The van der Waals surface area contributed by atoms with E-state index in [0.717, 1.165) is 48.5 Å². The van der Waals surface area contributed by atoms with Gasteiger partial charge in [0.1, 0.15) is 0 Å². The van der Waals surface area contributed by atoms with Crippen LogP contribution in [-0.4, -0.2) is 49.0 Å². The van der Waals surface area contributed by atoms with Gasteiger partial charge < -0.3 is 5.11 Å². The number of hydrogen-bond acceptors (Lipinski definition) is 4. The minimum Gasteiger partial charge on any atom is -0.476 e. The second-order valence-corrected chi connectivity index (χ2v) is 8.23. The van der Waals surface area contributed by atoms with Gasteiger partial charge in [0.2, 0.25) is 0 Å². The Morgan fingerprint density at radius 3 is 2.77 bits per heavy atom. The first-order valence-corrected chi connectivity index (χ1v) is 9.27. The number of aryl methyl sites for hydroxylation is 1. The molecular formula is C19H29N5O2. The van der Waals surface area contributed by atoms with Crippen molar-refractivity contribution in [1.82, 2.24) is 24.9 Å². The molecule has 0 saturated carbocycles. The number of H-pyrrole nitrogens is 1. The fourth-order valence-corrected chi connectivity index (χ4v) is 3.70. The highest BCUT2D eigenvalue weighted by atomic mass is 16.4. The highest BCUT2D eigenvalue weighted by molar-refractivity contribution is 5.87. The number of aromatic nitrogens is 4. The van der Waals surface area contributed by atoms with Crippen molar-refractivity contribution in [3.8, 4) is 0 Å². The molecule has 1 aliphatic rings. The molecule has 0 amide bonds. The molecule has 0 fully saturated rings. The van der Waals surface area contributed by atoms with E-state index >= 15 is 0 Å². The molecule has 3 rings (SSSR count). The van der Waals surface area contributed by atoms with Crippen LogP contribution in [0.1, 0.15) is 67.2 Å². The van der Waals surface area contributed by atoms with Crippen LogP contribution in [-0.2, 0) is 31.3 Å². The van der Waals surface area contributed by atoms with Crippen LogP contribution in [0.15, 0.2) is 6.07 Å². The summed E-state index contributed by atoms with van der Waals surface area (Å²) in [5.41, 5.74) is 4.39. The van der Waals surface area contributed by atoms with Gasteiger partial charge in [-0.05, 0) is 39.3 Å². The Morgan fingerprint density at radius 2 is 2.19 bits per heavy atom. The Hall–Kier alpha value is -2.15. The van der Waals surface area contributed by atoms with Gasteiger partial charge in [0.15, 0.2) is 5.69 Å². The zero-order valence-corrected chi connectivity index (χ0v) is 16.3. The molecule has 0 aromatic carbocycles. The number of carboxylic acid groups (broad SMARTS) is 1. The molecule has 0 spiro atoms. The minimum absolute atomic E-state index is 0.0260. The van der Waals surface area contributed by atoms with E-state index in [-0.39, 0.29) is 11.1 Å². The summed E-state index contributed by atoms with van der Waals surface area (Å²) in [5.74, 6) is -0.930. The number of fused-ring (bicyclic) bond motifs is 1. The second kappa shape index (κ2) is 6.87. The summed E-state index contributed by atoms with van der Waals surface area (Å²) >= 11 is 0. The number of aromatic amines is 1. The minimum atomic E-state index is -0.930. The molecule has 0 bridgehead atoms. The molecule has 142 valence electrons. The van der Waals surface area contributed by atoms with Crippen molar-refractivity contribution in [3.63, 3.8) is 0 Å². The van der Waals surface area contributed by atoms with Gasteiger partial charge in [0.25, 0.3) is 0 Å². The van der Waals surface area contributed by atoms with Crippen LogP contribution in [0.5, 0.6) is 0 Å². The first-order chi connectivity index (χ1) is 12.2. The summed E-state index contributed by atoms with van der Waals surface area (Å²) in [4.78, 5) is 13.9. The van der Waals surface area contributed by atoms with E-state index < -0.39 is 5.97 Å². The van der Waals surface area contributed by atoms with Gasteiger partial charge >= 0.3 is 5.97 Å². The zero-order chi connectivity index (χ0) is 19.1. The first-order valence-electron chi connectivity index (χ1n) is 9.27. The van der Waals surface area contributed by atoms with Crippen molar-refractivity contribution in [2.75, 3.05) is 7.05 Å². The van der Waals surface area contributed by atoms with Gasteiger partial charge in [-0.1, -0.05) is 20.8 Å². The predicted molar refractivity (Wildman–Crippen MR) is 99.4 cm³/mol. The van der Waals surface area contributed by atoms with E-state index in [4.69, 9.17) is 0 Å². The van der Waals surface area contributed by atoms with Crippen molar-refractivity contribution < 1.29 is 9.90 Å². The quantitative estimate of drug-likeness (QED) is 0.857. The third-order valence-corrected chi connectivity index (χ3v) is 5.27. The molecule has 1 aliphatic carbocycles. The highest BCUT2D eigenvalue weighted by Crippen LogP contribution is 2.28. The van der Waals surface area contributed by atoms with E-state index in [2.05, 4.69) is 54.1 Å². The maximum absolute atomic E-state index is 11.6. The third kappa shape index (κ3) is 3.53. The van der Waals surface area contributed by atoms with Crippen LogP contribution >= 0.6 is 0 Å². The van der Waals surface area contributed by atoms with Crippen LogP contribution in [0.3, 0.4) is 0 Å². The molecule has 2 heterocycles. The van der Waals surface area contributed by atoms with Crippen molar-refractivity contribution >= 4 is 5.97 Å². The zero-order valence-electron chi connectivity index (χ0n) is 16.3. The van der Waals surface area contributed by atoms with Crippen molar-refractivity contribution in [3.05, 3.63) is 34.4 Å². The van der Waals surface area contributed by atoms with Crippen LogP contribution in [0, 0.1) is 0 Å². The molecule has 2 aromatic rings. The van der Waals surface area contributed by atoms with E-state index in [0.29, 0.717) is 12.6 Å². The van der Waals surface area contributed by atoms with Gasteiger partial charge in [-0.15, -0.1) is 0 Å². The smallest absolute Gasteiger partial charge is 0.356 e.